The zero-order valence-corrected chi connectivity index (χ0v) is 43.8. The Bertz CT molecular complexity index is 2770. The van der Waals surface area contributed by atoms with E-state index in [9.17, 15) is 9.59 Å². The van der Waals surface area contributed by atoms with Crippen molar-refractivity contribution < 1.29 is 9.59 Å². The predicted molar refractivity (Wildman–Crippen MR) is 293 cm³/mol. The summed E-state index contributed by atoms with van der Waals surface area (Å²) in [6, 6.07) is 50.5. The average molecular weight is 916 g/mol. The number of nitrogens with zero attached hydrogens (tertiary/aromatic N) is 1. The van der Waals surface area contributed by atoms with Crippen molar-refractivity contribution in [2.75, 3.05) is 0 Å². The summed E-state index contributed by atoms with van der Waals surface area (Å²) in [5.41, 5.74) is 17.1. The van der Waals surface area contributed by atoms with Crippen LogP contribution >= 0.6 is 0 Å². The average Bonchev–Trinajstić information content (AvgIpc) is 4.05. The maximum absolute atomic E-state index is 11.6. The smallest absolute Gasteiger partial charge is 0.164 e. The second-order valence-corrected chi connectivity index (χ2v) is 23.7. The number of Topliss-reactive ketones (excluding diaryl/α,β-unsaturated/α-hetero) is 2. The molecule has 0 fully saturated rings. The largest absolute Gasteiger partial charge is 0.298 e. The van der Waals surface area contributed by atoms with Gasteiger partial charge in [-0.3, -0.25) is 14.6 Å². The van der Waals surface area contributed by atoms with E-state index in [0.29, 0.717) is 29.5 Å². The van der Waals surface area contributed by atoms with Crippen LogP contribution in [0.15, 0.2) is 157 Å². The highest BCUT2D eigenvalue weighted by atomic mass is 16.1. The number of ketones is 2. The third-order valence-electron chi connectivity index (χ3n) is 15.2. The lowest BCUT2D eigenvalue weighted by atomic mass is 9.73. The number of hydrogen-bond donors (Lipinski definition) is 0. The molecule has 0 atom stereocenters. The maximum atomic E-state index is 11.6. The standard InChI is InChI=1S/C12H16.2C11H12O.C11H14.C11H12.C10H11N/c1-12(2)9-5-7-10-6-3-4-8-11(10)12;1-11(2)7-10(12)8-5-3-4-6-9(8)11;1-11(2)9-6-4-3-5-8(9)7-10(11)12;1-11(2)7-9-5-3-4-6-10(9)8-11;1-11(2)8-7-9-5-3-4-6-10(9)11;1-10(2)7-11-9-6-4-3-5-8(9)10/h3-4,6,8H,5,7,9H2,1-2H3;2*3-6H,7H2,1-2H3;3-6H,7-8H2,1-2H3;3-8H,1-2H3;3-7H,1-2H3. The van der Waals surface area contributed by atoms with Crippen molar-refractivity contribution in [1.29, 1.82) is 0 Å². The minimum Gasteiger partial charge on any atom is -0.298 e. The van der Waals surface area contributed by atoms with E-state index in [1.807, 2.05) is 62.5 Å². The first-order valence-corrected chi connectivity index (χ1v) is 25.3. The lowest BCUT2D eigenvalue weighted by Crippen LogP contribution is -2.23. The van der Waals surface area contributed by atoms with E-state index < -0.39 is 0 Å². The second kappa shape index (κ2) is 20.2. The monoisotopic (exact) mass is 916 g/mol. The van der Waals surface area contributed by atoms with Crippen molar-refractivity contribution in [3.8, 4) is 0 Å². The Kier molecular flexibility index (Phi) is 14.9. The van der Waals surface area contributed by atoms with E-state index >= 15 is 0 Å². The van der Waals surface area contributed by atoms with Gasteiger partial charge in [0.2, 0.25) is 0 Å². The fourth-order valence-electron chi connectivity index (χ4n) is 11.0. The van der Waals surface area contributed by atoms with Crippen LogP contribution < -0.4 is 0 Å². The van der Waals surface area contributed by atoms with Crippen LogP contribution in [-0.4, -0.2) is 17.8 Å². The molecule has 5 aliphatic carbocycles. The molecule has 6 aliphatic rings. The molecule has 0 bridgehead atoms. The van der Waals surface area contributed by atoms with Gasteiger partial charge in [-0.2, -0.15) is 0 Å². The number of benzene rings is 6. The highest BCUT2D eigenvalue weighted by molar-refractivity contribution is 6.02. The molecule has 3 heteroatoms. The Morgan fingerprint density at radius 3 is 1.54 bits per heavy atom. The van der Waals surface area contributed by atoms with Gasteiger partial charge in [0.1, 0.15) is 5.78 Å². The molecule has 0 saturated heterocycles. The highest BCUT2D eigenvalue weighted by Gasteiger charge is 2.38. The van der Waals surface area contributed by atoms with E-state index in [2.05, 4.69) is 190 Å². The van der Waals surface area contributed by atoms with Gasteiger partial charge in [-0.25, -0.2) is 0 Å². The summed E-state index contributed by atoms with van der Waals surface area (Å²) in [7, 11) is 0. The third kappa shape index (κ3) is 11.7. The molecule has 0 N–H and O–H groups in total. The zero-order chi connectivity index (χ0) is 49.8. The van der Waals surface area contributed by atoms with Crippen molar-refractivity contribution >= 4 is 29.5 Å². The molecular weight excluding hydrogens is 839 g/mol. The van der Waals surface area contributed by atoms with Gasteiger partial charge in [0.15, 0.2) is 5.78 Å². The molecule has 358 valence electrons. The van der Waals surface area contributed by atoms with Gasteiger partial charge in [0.05, 0.1) is 5.69 Å². The summed E-state index contributed by atoms with van der Waals surface area (Å²) in [6.07, 6.45) is 14.2. The third-order valence-corrected chi connectivity index (χ3v) is 15.2. The summed E-state index contributed by atoms with van der Waals surface area (Å²) in [5.74, 6) is 0.624. The predicted octanol–water partition coefficient (Wildman–Crippen LogP) is 16.4. The molecule has 1 aliphatic heterocycles. The summed E-state index contributed by atoms with van der Waals surface area (Å²) >= 11 is 0. The Labute approximate surface area is 415 Å². The van der Waals surface area contributed by atoms with Gasteiger partial charge in [-0.15, -0.1) is 0 Å². The lowest BCUT2D eigenvalue weighted by Gasteiger charge is -2.32. The second-order valence-electron chi connectivity index (χ2n) is 23.7. The molecular formula is C66H77NO2. The number of fused-ring (bicyclic) bond motifs is 6. The number of aliphatic imine (C=N–C) groups is 1. The molecule has 6 aromatic rings. The van der Waals surface area contributed by atoms with Crippen LogP contribution in [0, 0.1) is 5.41 Å². The summed E-state index contributed by atoms with van der Waals surface area (Å²) in [6.45, 7) is 26.5. The topological polar surface area (TPSA) is 46.5 Å². The lowest BCUT2D eigenvalue weighted by molar-refractivity contribution is -0.121. The molecule has 12 rings (SSSR count). The quantitative estimate of drug-likeness (QED) is 0.152. The fraction of sp³-hybridized carbons (Fsp3) is 0.379. The van der Waals surface area contributed by atoms with Crippen molar-refractivity contribution in [3.63, 3.8) is 0 Å². The molecule has 1 heterocycles. The van der Waals surface area contributed by atoms with Gasteiger partial charge in [0.25, 0.3) is 0 Å². The molecule has 0 spiro atoms. The molecule has 3 nitrogen and oxygen atoms in total. The minimum absolute atomic E-state index is 0.0493. The number of para-hydroxylation sites is 1. The molecule has 69 heavy (non-hydrogen) atoms. The van der Waals surface area contributed by atoms with E-state index in [0.717, 1.165) is 11.3 Å². The Balaban J connectivity index is 0.000000122. The first-order valence-electron chi connectivity index (χ1n) is 25.3. The van der Waals surface area contributed by atoms with Gasteiger partial charge in [-0.1, -0.05) is 221 Å². The van der Waals surface area contributed by atoms with Gasteiger partial charge in [-0.05, 0) is 124 Å². The molecule has 6 aromatic carbocycles. The number of aryl methyl sites for hydroxylation is 1. The van der Waals surface area contributed by atoms with Crippen molar-refractivity contribution in [1.82, 2.24) is 0 Å². The highest BCUT2D eigenvalue weighted by Crippen LogP contribution is 2.40. The molecule has 0 aromatic heterocycles. The summed E-state index contributed by atoms with van der Waals surface area (Å²) in [4.78, 5) is 27.4. The Morgan fingerprint density at radius 1 is 0.449 bits per heavy atom. The van der Waals surface area contributed by atoms with Gasteiger partial charge in [0, 0.05) is 40.9 Å². The van der Waals surface area contributed by atoms with Crippen LogP contribution in [0.2, 0.25) is 0 Å². The van der Waals surface area contributed by atoms with Crippen LogP contribution in [0.25, 0.3) is 6.08 Å². The first-order chi connectivity index (χ1) is 32.5. The minimum atomic E-state index is -0.253. The number of allylic oxidation sites excluding steroid dienone is 1. The van der Waals surface area contributed by atoms with Crippen LogP contribution in [0.1, 0.15) is 168 Å². The SMILES string of the molecule is CC1(C)C(=O)Cc2ccccc21.CC1(C)C=Cc2ccccc21.CC1(C)C=Nc2ccccc21.CC1(C)CC(=O)c2ccccc21.CC1(C)CCCc2ccccc21.CC1(C)Cc2ccccc2C1. The van der Waals surface area contributed by atoms with Crippen LogP contribution in [-0.2, 0) is 57.6 Å². The van der Waals surface area contributed by atoms with Crippen molar-refractivity contribution in [2.45, 2.75) is 155 Å². The van der Waals surface area contributed by atoms with E-state index in [-0.39, 0.29) is 27.4 Å². The number of carbonyl (C=O) groups excluding carboxylic acids is 2. The van der Waals surface area contributed by atoms with Crippen LogP contribution in [0.3, 0.4) is 0 Å². The summed E-state index contributed by atoms with van der Waals surface area (Å²) < 4.78 is 0. The molecule has 0 unspecified atom stereocenters. The number of carbonyl (C=O) groups is 2. The fourth-order valence-corrected chi connectivity index (χ4v) is 11.0. The van der Waals surface area contributed by atoms with Crippen LogP contribution in [0.4, 0.5) is 5.69 Å². The van der Waals surface area contributed by atoms with E-state index in [4.69, 9.17) is 0 Å². The van der Waals surface area contributed by atoms with Crippen molar-refractivity contribution in [3.05, 3.63) is 213 Å². The van der Waals surface area contributed by atoms with E-state index in [1.54, 1.807) is 22.3 Å². The normalized spacial score (nSPS) is 19.2. The molecule has 0 saturated carbocycles. The first kappa shape index (κ1) is 50.9. The van der Waals surface area contributed by atoms with Crippen LogP contribution in [0.5, 0.6) is 0 Å². The Hall–Kier alpha value is -5.93. The van der Waals surface area contributed by atoms with E-state index in [1.165, 1.54) is 65.5 Å². The molecule has 0 amide bonds. The van der Waals surface area contributed by atoms with Gasteiger partial charge < -0.3 is 0 Å². The number of hydrogen-bond acceptors (Lipinski definition) is 3. The van der Waals surface area contributed by atoms with Gasteiger partial charge >= 0.3 is 0 Å². The number of rotatable bonds is 0. The Morgan fingerprint density at radius 2 is 0.957 bits per heavy atom. The van der Waals surface area contributed by atoms with Crippen molar-refractivity contribution in [2.24, 2.45) is 10.4 Å². The summed E-state index contributed by atoms with van der Waals surface area (Å²) in [5, 5.41) is 0. The zero-order valence-electron chi connectivity index (χ0n) is 43.8. The molecule has 0 radical (unpaired) electrons. The maximum Gasteiger partial charge on any atom is 0.164 e.